The molecule has 0 amide bonds. The van der Waals surface area contributed by atoms with Crippen molar-refractivity contribution in [3.05, 3.63) is 29.0 Å². The van der Waals surface area contributed by atoms with Crippen molar-refractivity contribution in [3.63, 3.8) is 0 Å². The molecular weight excluding hydrogens is 240 g/mol. The van der Waals surface area contributed by atoms with Crippen LogP contribution in [-0.4, -0.2) is 9.78 Å². The van der Waals surface area contributed by atoms with Gasteiger partial charge in [-0.15, -0.1) is 0 Å². The molecule has 2 nitrogen and oxygen atoms in total. The number of nitrogens with zero attached hydrogens (tertiary/aromatic N) is 2. The second kappa shape index (κ2) is 4.78. The summed E-state index contributed by atoms with van der Waals surface area (Å²) in [5.74, 6) is 0. The number of aromatic nitrogens is 2. The normalized spacial score (nSPS) is 25.4. The van der Waals surface area contributed by atoms with Gasteiger partial charge in [-0.25, -0.2) is 0 Å². The zero-order valence-corrected chi connectivity index (χ0v) is 9.78. The maximum Gasteiger partial charge on any atom is 0.0699 e. The van der Waals surface area contributed by atoms with Gasteiger partial charge in [-0.05, 0) is 35.2 Å². The third-order valence-electron chi connectivity index (χ3n) is 2.64. The van der Waals surface area contributed by atoms with E-state index in [0.29, 0.717) is 6.04 Å². The average molecular weight is 255 g/mol. The lowest BCUT2D eigenvalue weighted by atomic mass is 10.0. The molecule has 76 valence electrons. The summed E-state index contributed by atoms with van der Waals surface area (Å²) in [6, 6.07) is 0.460. The van der Waals surface area contributed by atoms with Gasteiger partial charge in [-0.3, -0.25) is 4.68 Å². The van der Waals surface area contributed by atoms with Crippen molar-refractivity contribution in [2.75, 3.05) is 0 Å². The minimum atomic E-state index is 0.460. The van der Waals surface area contributed by atoms with Crippen molar-refractivity contribution in [3.8, 4) is 0 Å². The van der Waals surface area contributed by atoms with Crippen LogP contribution >= 0.6 is 15.9 Å². The summed E-state index contributed by atoms with van der Waals surface area (Å²) in [7, 11) is 0. The number of halogens is 1. The van der Waals surface area contributed by atoms with E-state index in [4.69, 9.17) is 0 Å². The van der Waals surface area contributed by atoms with Crippen LogP contribution in [-0.2, 0) is 0 Å². The van der Waals surface area contributed by atoms with Gasteiger partial charge in [0.1, 0.15) is 0 Å². The van der Waals surface area contributed by atoms with E-state index in [-0.39, 0.29) is 0 Å². The zero-order valence-electron chi connectivity index (χ0n) is 8.19. The van der Waals surface area contributed by atoms with Crippen LogP contribution in [0.25, 0.3) is 0 Å². The topological polar surface area (TPSA) is 17.8 Å². The molecule has 14 heavy (non-hydrogen) atoms. The van der Waals surface area contributed by atoms with Gasteiger partial charge in [0, 0.05) is 6.20 Å². The van der Waals surface area contributed by atoms with Crippen LogP contribution in [0, 0.1) is 0 Å². The van der Waals surface area contributed by atoms with Crippen molar-refractivity contribution >= 4 is 15.9 Å². The molecule has 0 aliphatic heterocycles. The summed E-state index contributed by atoms with van der Waals surface area (Å²) >= 11 is 3.43. The van der Waals surface area contributed by atoms with E-state index in [2.05, 4.69) is 39.4 Å². The lowest BCUT2D eigenvalue weighted by Gasteiger charge is -2.15. The Labute approximate surface area is 93.1 Å². The fourth-order valence-corrected chi connectivity index (χ4v) is 2.16. The second-order valence-electron chi connectivity index (χ2n) is 3.77. The van der Waals surface area contributed by atoms with Crippen molar-refractivity contribution in [2.24, 2.45) is 0 Å². The molecular formula is C11H15BrN2. The van der Waals surface area contributed by atoms with E-state index in [1.807, 2.05) is 10.9 Å². The molecule has 1 atom stereocenters. The number of hydrogen-bond donors (Lipinski definition) is 0. The highest BCUT2D eigenvalue weighted by atomic mass is 79.9. The fraction of sp³-hybridized carbons (Fsp3) is 0.545. The predicted octanol–water partition coefficient (Wildman–Crippen LogP) is 3.71. The van der Waals surface area contributed by atoms with Crippen LogP contribution in [0.4, 0.5) is 0 Å². The Bertz CT molecular complexity index is 317. The Hall–Kier alpha value is -0.570. The molecule has 0 saturated heterocycles. The Morgan fingerprint density at radius 3 is 3.07 bits per heavy atom. The van der Waals surface area contributed by atoms with E-state index in [9.17, 15) is 0 Å². The van der Waals surface area contributed by atoms with Crippen LogP contribution in [0.3, 0.4) is 0 Å². The van der Waals surface area contributed by atoms with E-state index < -0.39 is 0 Å². The quantitative estimate of drug-likeness (QED) is 0.699. The third kappa shape index (κ3) is 2.47. The van der Waals surface area contributed by atoms with Gasteiger partial charge < -0.3 is 0 Å². The molecule has 1 heterocycles. The van der Waals surface area contributed by atoms with Gasteiger partial charge in [-0.1, -0.05) is 25.0 Å². The third-order valence-corrected chi connectivity index (χ3v) is 3.05. The summed E-state index contributed by atoms with van der Waals surface area (Å²) in [6.45, 7) is 0. The SMILES string of the molecule is Brc1cnn(C2/C=C\CCCCC2)c1. The van der Waals surface area contributed by atoms with Gasteiger partial charge in [0.25, 0.3) is 0 Å². The summed E-state index contributed by atoms with van der Waals surface area (Å²) in [5, 5.41) is 4.33. The smallest absolute Gasteiger partial charge is 0.0699 e. The van der Waals surface area contributed by atoms with Crippen molar-refractivity contribution < 1.29 is 0 Å². The van der Waals surface area contributed by atoms with Crippen LogP contribution in [0.2, 0.25) is 0 Å². The highest BCUT2D eigenvalue weighted by Gasteiger charge is 2.09. The molecule has 0 aromatic carbocycles. The van der Waals surface area contributed by atoms with E-state index in [0.717, 1.165) is 4.47 Å². The van der Waals surface area contributed by atoms with Crippen molar-refractivity contribution in [1.29, 1.82) is 0 Å². The first-order valence-electron chi connectivity index (χ1n) is 5.22. The molecule has 0 N–H and O–H groups in total. The molecule has 2 rings (SSSR count). The first kappa shape index (κ1) is 9.97. The zero-order chi connectivity index (χ0) is 9.80. The van der Waals surface area contributed by atoms with Gasteiger partial charge >= 0.3 is 0 Å². The highest BCUT2D eigenvalue weighted by molar-refractivity contribution is 9.10. The van der Waals surface area contributed by atoms with Gasteiger partial charge in [-0.2, -0.15) is 5.10 Å². The average Bonchev–Trinajstić information content (AvgIpc) is 2.51. The molecule has 1 aromatic heterocycles. The highest BCUT2D eigenvalue weighted by Crippen LogP contribution is 2.22. The number of rotatable bonds is 1. The minimum Gasteiger partial charge on any atom is -0.265 e. The standard InChI is InChI=1S/C11H15BrN2/c12-10-8-13-14(9-10)11-6-4-2-1-3-5-7-11/h4,6,8-9,11H,1-3,5,7H2/b6-4-. The Balaban J connectivity index is 2.11. The molecule has 0 bridgehead atoms. The summed E-state index contributed by atoms with van der Waals surface area (Å²) < 4.78 is 3.11. The molecule has 1 aliphatic rings. The minimum absolute atomic E-state index is 0.460. The first-order chi connectivity index (χ1) is 6.86. The summed E-state index contributed by atoms with van der Waals surface area (Å²) in [6.07, 6.45) is 14.9. The Morgan fingerprint density at radius 2 is 2.29 bits per heavy atom. The van der Waals surface area contributed by atoms with Crippen LogP contribution in [0.1, 0.15) is 38.1 Å². The number of hydrogen-bond acceptors (Lipinski definition) is 1. The lowest BCUT2D eigenvalue weighted by molar-refractivity contribution is 0.466. The van der Waals surface area contributed by atoms with E-state index in [1.165, 1.54) is 32.1 Å². The van der Waals surface area contributed by atoms with E-state index in [1.54, 1.807) is 0 Å². The van der Waals surface area contributed by atoms with Gasteiger partial charge in [0.15, 0.2) is 0 Å². The summed E-state index contributed by atoms with van der Waals surface area (Å²) in [5.41, 5.74) is 0. The van der Waals surface area contributed by atoms with Crippen molar-refractivity contribution in [2.45, 2.75) is 38.1 Å². The summed E-state index contributed by atoms with van der Waals surface area (Å²) in [4.78, 5) is 0. The second-order valence-corrected chi connectivity index (χ2v) is 4.69. The van der Waals surface area contributed by atoms with Crippen LogP contribution < -0.4 is 0 Å². The molecule has 0 spiro atoms. The predicted molar refractivity (Wildman–Crippen MR) is 61.2 cm³/mol. The molecule has 0 saturated carbocycles. The van der Waals surface area contributed by atoms with Crippen LogP contribution in [0.15, 0.2) is 29.0 Å². The molecule has 3 heteroatoms. The fourth-order valence-electron chi connectivity index (χ4n) is 1.86. The van der Waals surface area contributed by atoms with Gasteiger partial charge in [0.05, 0.1) is 16.7 Å². The number of allylic oxidation sites excluding steroid dienone is 2. The van der Waals surface area contributed by atoms with Crippen LogP contribution in [0.5, 0.6) is 0 Å². The molecule has 0 fully saturated rings. The first-order valence-corrected chi connectivity index (χ1v) is 6.02. The molecule has 1 unspecified atom stereocenters. The molecule has 1 aliphatic carbocycles. The Kier molecular flexibility index (Phi) is 3.40. The maximum absolute atomic E-state index is 4.33. The lowest BCUT2D eigenvalue weighted by Crippen LogP contribution is -2.07. The monoisotopic (exact) mass is 254 g/mol. The van der Waals surface area contributed by atoms with Gasteiger partial charge in [0.2, 0.25) is 0 Å². The van der Waals surface area contributed by atoms with Crippen molar-refractivity contribution in [1.82, 2.24) is 9.78 Å². The largest absolute Gasteiger partial charge is 0.265 e. The van der Waals surface area contributed by atoms with E-state index >= 15 is 0 Å². The maximum atomic E-state index is 4.33. The molecule has 1 aromatic rings. The molecule has 0 radical (unpaired) electrons. The Morgan fingerprint density at radius 1 is 1.36 bits per heavy atom.